The van der Waals surface area contributed by atoms with E-state index in [0.29, 0.717) is 6.29 Å². The summed E-state index contributed by atoms with van der Waals surface area (Å²) in [5.41, 5.74) is 0.230. The van der Waals surface area contributed by atoms with Gasteiger partial charge < -0.3 is 5.11 Å². The quantitative estimate of drug-likeness (QED) is 0.692. The molecule has 0 unspecified atom stereocenters. The first-order chi connectivity index (χ1) is 5.15. The van der Waals surface area contributed by atoms with Gasteiger partial charge >= 0.3 is 0 Å². The van der Waals surface area contributed by atoms with Crippen molar-refractivity contribution in [2.24, 2.45) is 0 Å². The minimum atomic E-state index is -0.141. The minimum absolute atomic E-state index is 0.139. The van der Waals surface area contributed by atoms with Crippen molar-refractivity contribution in [2.75, 3.05) is 0 Å². The van der Waals surface area contributed by atoms with Crippen LogP contribution in [-0.2, 0) is 0 Å². The molecule has 0 fully saturated rings. The van der Waals surface area contributed by atoms with Gasteiger partial charge in [0.1, 0.15) is 5.75 Å². The zero-order valence-electron chi connectivity index (χ0n) is 5.34. The lowest BCUT2D eigenvalue weighted by Gasteiger charge is -1.98. The van der Waals surface area contributed by atoms with Crippen molar-refractivity contribution < 1.29 is 9.90 Å². The molecule has 0 aliphatic carbocycles. The molecule has 1 N–H and O–H groups in total. The zero-order chi connectivity index (χ0) is 8.43. The summed E-state index contributed by atoms with van der Waals surface area (Å²) in [6.07, 6.45) is 0.554. The standard InChI is InChI=1S/C7H4Cl2O2/c8-5-2-6(9)7(11)1-4(5)3-10/h1-3,11H. The van der Waals surface area contributed by atoms with Crippen molar-refractivity contribution in [1.82, 2.24) is 0 Å². The highest BCUT2D eigenvalue weighted by molar-refractivity contribution is 6.36. The topological polar surface area (TPSA) is 37.3 Å². The van der Waals surface area contributed by atoms with Gasteiger partial charge in [-0.2, -0.15) is 0 Å². The van der Waals surface area contributed by atoms with Crippen LogP contribution in [0.15, 0.2) is 12.1 Å². The highest BCUT2D eigenvalue weighted by Gasteiger charge is 2.04. The van der Waals surface area contributed by atoms with Crippen LogP contribution in [0.4, 0.5) is 0 Å². The molecule has 1 aromatic rings. The molecule has 11 heavy (non-hydrogen) atoms. The van der Waals surface area contributed by atoms with E-state index in [4.69, 9.17) is 28.3 Å². The summed E-state index contributed by atoms with van der Waals surface area (Å²) in [5, 5.41) is 9.38. The zero-order valence-corrected chi connectivity index (χ0v) is 6.86. The number of phenolic OH excluding ortho intramolecular Hbond substituents is 1. The van der Waals surface area contributed by atoms with E-state index in [2.05, 4.69) is 0 Å². The maximum absolute atomic E-state index is 10.3. The molecule has 0 heterocycles. The van der Waals surface area contributed by atoms with Crippen molar-refractivity contribution in [3.8, 4) is 5.75 Å². The fraction of sp³-hybridized carbons (Fsp3) is 0. The number of carbonyl (C=O) groups excluding carboxylic acids is 1. The summed E-state index contributed by atoms with van der Waals surface area (Å²) in [4.78, 5) is 10.3. The summed E-state index contributed by atoms with van der Waals surface area (Å²) < 4.78 is 0. The SMILES string of the molecule is O=Cc1cc(O)c(Cl)cc1Cl. The Bertz CT molecular complexity index is 297. The smallest absolute Gasteiger partial charge is 0.151 e. The van der Waals surface area contributed by atoms with Gasteiger partial charge in [0.05, 0.1) is 10.0 Å². The minimum Gasteiger partial charge on any atom is -0.506 e. The lowest BCUT2D eigenvalue weighted by atomic mass is 10.2. The third-order valence-corrected chi connectivity index (χ3v) is 1.82. The molecular formula is C7H4Cl2O2. The number of hydrogen-bond donors (Lipinski definition) is 1. The molecule has 1 aromatic carbocycles. The second-order valence-corrected chi connectivity index (χ2v) is 2.76. The second kappa shape index (κ2) is 3.11. The van der Waals surface area contributed by atoms with Crippen molar-refractivity contribution in [1.29, 1.82) is 0 Å². The van der Waals surface area contributed by atoms with E-state index in [1.807, 2.05) is 0 Å². The van der Waals surface area contributed by atoms with E-state index < -0.39 is 0 Å². The van der Waals surface area contributed by atoms with Gasteiger partial charge in [-0.1, -0.05) is 23.2 Å². The molecule has 1 rings (SSSR count). The van der Waals surface area contributed by atoms with E-state index in [9.17, 15) is 4.79 Å². The van der Waals surface area contributed by atoms with Gasteiger partial charge in [0, 0.05) is 5.56 Å². The number of benzene rings is 1. The first kappa shape index (κ1) is 8.37. The van der Waals surface area contributed by atoms with Crippen LogP contribution >= 0.6 is 23.2 Å². The fourth-order valence-electron chi connectivity index (χ4n) is 0.644. The monoisotopic (exact) mass is 190 g/mol. The Labute approximate surface area is 73.4 Å². The van der Waals surface area contributed by atoms with E-state index >= 15 is 0 Å². The van der Waals surface area contributed by atoms with Crippen LogP contribution in [-0.4, -0.2) is 11.4 Å². The lowest BCUT2D eigenvalue weighted by Crippen LogP contribution is -1.81. The lowest BCUT2D eigenvalue weighted by molar-refractivity contribution is 0.112. The molecule has 0 saturated carbocycles. The third-order valence-electron chi connectivity index (χ3n) is 1.19. The molecule has 0 aliphatic heterocycles. The molecule has 0 saturated heterocycles. The van der Waals surface area contributed by atoms with Gasteiger partial charge in [-0.25, -0.2) is 0 Å². The molecule has 58 valence electrons. The van der Waals surface area contributed by atoms with E-state index in [-0.39, 0.29) is 21.4 Å². The molecule has 0 aromatic heterocycles. The number of aldehydes is 1. The third kappa shape index (κ3) is 1.64. The normalized spacial score (nSPS) is 9.64. The molecule has 0 aliphatic rings. The second-order valence-electron chi connectivity index (χ2n) is 1.94. The van der Waals surface area contributed by atoms with Gasteiger partial charge in [0.15, 0.2) is 6.29 Å². The van der Waals surface area contributed by atoms with Crippen LogP contribution in [0.2, 0.25) is 10.0 Å². The predicted molar refractivity (Wildman–Crippen MR) is 43.5 cm³/mol. The van der Waals surface area contributed by atoms with Crippen LogP contribution in [0.25, 0.3) is 0 Å². The Balaban J connectivity index is 3.31. The summed E-state index contributed by atoms with van der Waals surface area (Å²) in [6, 6.07) is 2.54. The van der Waals surface area contributed by atoms with Gasteiger partial charge in [-0.05, 0) is 12.1 Å². The summed E-state index contributed by atoms with van der Waals surface area (Å²) in [6.45, 7) is 0. The van der Waals surface area contributed by atoms with E-state index in [1.165, 1.54) is 12.1 Å². The number of phenols is 1. The number of halogens is 2. The predicted octanol–water partition coefficient (Wildman–Crippen LogP) is 2.51. The molecule has 0 radical (unpaired) electrons. The van der Waals surface area contributed by atoms with Gasteiger partial charge in [0.25, 0.3) is 0 Å². The number of carbonyl (C=O) groups is 1. The summed E-state index contributed by atoms with van der Waals surface area (Å²) in [7, 11) is 0. The average molecular weight is 191 g/mol. The first-order valence-electron chi connectivity index (χ1n) is 2.78. The van der Waals surface area contributed by atoms with Crippen molar-refractivity contribution in [2.45, 2.75) is 0 Å². The number of rotatable bonds is 1. The molecule has 0 bridgehead atoms. The summed E-state index contributed by atoms with van der Waals surface area (Å²) in [5.74, 6) is -0.141. The highest BCUT2D eigenvalue weighted by atomic mass is 35.5. The molecule has 4 heteroatoms. The van der Waals surface area contributed by atoms with Crippen molar-refractivity contribution in [3.05, 3.63) is 27.7 Å². The highest BCUT2D eigenvalue weighted by Crippen LogP contribution is 2.28. The summed E-state index contributed by atoms with van der Waals surface area (Å²) >= 11 is 11.1. The van der Waals surface area contributed by atoms with Crippen LogP contribution in [0, 0.1) is 0 Å². The maximum Gasteiger partial charge on any atom is 0.151 e. The Morgan fingerprint density at radius 1 is 1.27 bits per heavy atom. The first-order valence-corrected chi connectivity index (χ1v) is 3.54. The van der Waals surface area contributed by atoms with Gasteiger partial charge in [-0.3, -0.25) is 4.79 Å². The van der Waals surface area contributed by atoms with Crippen LogP contribution < -0.4 is 0 Å². The Hall–Kier alpha value is -0.730. The van der Waals surface area contributed by atoms with Crippen LogP contribution in [0.3, 0.4) is 0 Å². The Morgan fingerprint density at radius 2 is 1.91 bits per heavy atom. The van der Waals surface area contributed by atoms with E-state index in [1.54, 1.807) is 0 Å². The maximum atomic E-state index is 10.3. The molecule has 2 nitrogen and oxygen atoms in total. The average Bonchev–Trinajstić information content (AvgIpc) is 1.97. The molecular weight excluding hydrogens is 187 g/mol. The van der Waals surface area contributed by atoms with Crippen molar-refractivity contribution >= 4 is 29.5 Å². The van der Waals surface area contributed by atoms with Crippen LogP contribution in [0.5, 0.6) is 5.75 Å². The molecule has 0 spiro atoms. The number of hydrogen-bond acceptors (Lipinski definition) is 2. The van der Waals surface area contributed by atoms with Gasteiger partial charge in [-0.15, -0.1) is 0 Å². The van der Waals surface area contributed by atoms with Crippen LogP contribution in [0.1, 0.15) is 10.4 Å². The number of aromatic hydroxyl groups is 1. The van der Waals surface area contributed by atoms with Gasteiger partial charge in [0.2, 0.25) is 0 Å². The van der Waals surface area contributed by atoms with E-state index in [0.717, 1.165) is 0 Å². The Morgan fingerprint density at radius 3 is 2.45 bits per heavy atom. The largest absolute Gasteiger partial charge is 0.506 e. The fourth-order valence-corrected chi connectivity index (χ4v) is 1.07. The van der Waals surface area contributed by atoms with Crippen molar-refractivity contribution in [3.63, 3.8) is 0 Å². The molecule has 0 amide bonds. The molecule has 0 atom stereocenters. The Kier molecular flexibility index (Phi) is 2.37.